The van der Waals surface area contributed by atoms with Crippen LogP contribution >= 0.6 is 0 Å². The van der Waals surface area contributed by atoms with E-state index in [0.29, 0.717) is 35.4 Å². The number of ether oxygens (including phenoxy) is 2. The van der Waals surface area contributed by atoms with Crippen LogP contribution in [0.2, 0.25) is 0 Å². The zero-order chi connectivity index (χ0) is 15.4. The van der Waals surface area contributed by atoms with E-state index in [1.807, 2.05) is 0 Å². The topological polar surface area (TPSA) is 61.5 Å². The van der Waals surface area contributed by atoms with Crippen molar-refractivity contribution in [3.63, 3.8) is 0 Å². The van der Waals surface area contributed by atoms with Crippen molar-refractivity contribution >= 4 is 11.7 Å². The van der Waals surface area contributed by atoms with Crippen molar-refractivity contribution in [3.05, 3.63) is 23.8 Å². The molecule has 0 amide bonds. The Morgan fingerprint density at radius 2 is 1.90 bits per heavy atom. The van der Waals surface area contributed by atoms with Gasteiger partial charge in [-0.3, -0.25) is 0 Å². The lowest BCUT2D eigenvalue weighted by atomic mass is 9.82. The molecule has 1 aromatic carbocycles. The number of hydrogen-bond donors (Lipinski definition) is 1. The largest absolute Gasteiger partial charge is 0.489 e. The minimum Gasteiger partial charge on any atom is -0.489 e. The summed E-state index contributed by atoms with van der Waals surface area (Å²) in [7, 11) is 0. The van der Waals surface area contributed by atoms with E-state index in [1.165, 1.54) is 6.42 Å². The van der Waals surface area contributed by atoms with Crippen molar-refractivity contribution in [2.75, 3.05) is 12.3 Å². The highest BCUT2D eigenvalue weighted by Gasteiger charge is 2.26. The number of benzene rings is 1. The average molecular weight is 291 g/mol. The summed E-state index contributed by atoms with van der Waals surface area (Å²) in [6, 6.07) is 5.10. The lowest BCUT2D eigenvalue weighted by molar-refractivity contribution is 0.0511. The maximum absolute atomic E-state index is 12.0. The van der Waals surface area contributed by atoms with Crippen molar-refractivity contribution in [3.8, 4) is 5.75 Å². The van der Waals surface area contributed by atoms with E-state index in [0.717, 1.165) is 12.8 Å². The number of nitrogen functional groups attached to an aromatic ring is 1. The molecule has 1 saturated carbocycles. The first-order chi connectivity index (χ1) is 9.99. The molecule has 0 bridgehead atoms. The third kappa shape index (κ3) is 4.13. The predicted molar refractivity (Wildman–Crippen MR) is 83.4 cm³/mol. The monoisotopic (exact) mass is 291 g/mol. The Balaban J connectivity index is 2.18. The lowest BCUT2D eigenvalue weighted by Gasteiger charge is -2.32. The van der Waals surface area contributed by atoms with E-state index in [9.17, 15) is 4.79 Å². The minimum atomic E-state index is -0.357. The first-order valence-electron chi connectivity index (χ1n) is 7.72. The SMILES string of the molecule is CCOC(=O)c1ccc(N)cc1OC1CC(C)CC(C)C1. The third-order valence-electron chi connectivity index (χ3n) is 3.93. The Bertz CT molecular complexity index is 491. The van der Waals surface area contributed by atoms with Gasteiger partial charge in [-0.25, -0.2) is 4.79 Å². The van der Waals surface area contributed by atoms with Gasteiger partial charge >= 0.3 is 5.97 Å². The average Bonchev–Trinajstić information content (AvgIpc) is 2.37. The van der Waals surface area contributed by atoms with E-state index in [1.54, 1.807) is 25.1 Å². The second-order valence-electron chi connectivity index (χ2n) is 6.13. The van der Waals surface area contributed by atoms with Crippen LogP contribution in [0.25, 0.3) is 0 Å². The molecule has 1 aromatic rings. The van der Waals surface area contributed by atoms with Gasteiger partial charge in [-0.1, -0.05) is 13.8 Å². The van der Waals surface area contributed by atoms with E-state index < -0.39 is 0 Å². The molecule has 2 unspecified atom stereocenters. The van der Waals surface area contributed by atoms with Crippen molar-refractivity contribution in [2.45, 2.75) is 46.1 Å². The summed E-state index contributed by atoms with van der Waals surface area (Å²) in [4.78, 5) is 12.0. The minimum absolute atomic E-state index is 0.138. The van der Waals surface area contributed by atoms with Crippen LogP contribution in [0.5, 0.6) is 5.75 Å². The van der Waals surface area contributed by atoms with Crippen LogP contribution in [0.4, 0.5) is 5.69 Å². The first kappa shape index (κ1) is 15.7. The number of anilines is 1. The van der Waals surface area contributed by atoms with Gasteiger partial charge in [0.15, 0.2) is 0 Å². The molecule has 0 aromatic heterocycles. The molecule has 4 heteroatoms. The molecule has 0 radical (unpaired) electrons. The van der Waals surface area contributed by atoms with Gasteiger partial charge in [-0.15, -0.1) is 0 Å². The number of hydrogen-bond acceptors (Lipinski definition) is 4. The van der Waals surface area contributed by atoms with Gasteiger partial charge in [0.05, 0.1) is 12.7 Å². The van der Waals surface area contributed by atoms with Crippen molar-refractivity contribution in [1.29, 1.82) is 0 Å². The summed E-state index contributed by atoms with van der Waals surface area (Å²) < 4.78 is 11.2. The maximum atomic E-state index is 12.0. The summed E-state index contributed by atoms with van der Waals surface area (Å²) >= 11 is 0. The molecule has 0 saturated heterocycles. The standard InChI is InChI=1S/C17H25NO3/c1-4-20-17(19)15-6-5-13(18)10-16(15)21-14-8-11(2)7-12(3)9-14/h5-6,10-12,14H,4,7-9,18H2,1-3H3. The van der Waals surface area contributed by atoms with Crippen LogP contribution in [-0.2, 0) is 4.74 Å². The number of carbonyl (C=O) groups excluding carboxylic acids is 1. The van der Waals surface area contributed by atoms with E-state index in [2.05, 4.69) is 13.8 Å². The fraction of sp³-hybridized carbons (Fsp3) is 0.588. The van der Waals surface area contributed by atoms with Crippen LogP contribution in [0.15, 0.2) is 18.2 Å². The molecule has 0 heterocycles. The molecule has 21 heavy (non-hydrogen) atoms. The third-order valence-corrected chi connectivity index (χ3v) is 3.93. The van der Waals surface area contributed by atoms with Crippen LogP contribution in [0, 0.1) is 11.8 Å². The lowest BCUT2D eigenvalue weighted by Crippen LogP contribution is -2.29. The smallest absolute Gasteiger partial charge is 0.341 e. The highest BCUT2D eigenvalue weighted by molar-refractivity contribution is 5.93. The molecular weight excluding hydrogens is 266 g/mol. The number of nitrogens with two attached hydrogens (primary N) is 1. The van der Waals surface area contributed by atoms with E-state index >= 15 is 0 Å². The molecule has 1 aliphatic rings. The van der Waals surface area contributed by atoms with Crippen LogP contribution < -0.4 is 10.5 Å². The van der Waals surface area contributed by atoms with Crippen LogP contribution in [0.1, 0.15) is 50.4 Å². The van der Waals surface area contributed by atoms with E-state index in [4.69, 9.17) is 15.2 Å². The van der Waals surface area contributed by atoms with Gasteiger partial charge in [0, 0.05) is 11.8 Å². The van der Waals surface area contributed by atoms with E-state index in [-0.39, 0.29) is 12.1 Å². The molecule has 0 spiro atoms. The molecule has 2 atom stereocenters. The number of esters is 1. The Morgan fingerprint density at radius 3 is 2.52 bits per heavy atom. The molecular formula is C17H25NO3. The Kier molecular flexibility index (Phi) is 5.10. The number of carbonyl (C=O) groups is 1. The molecule has 4 nitrogen and oxygen atoms in total. The Morgan fingerprint density at radius 1 is 1.24 bits per heavy atom. The van der Waals surface area contributed by atoms with Crippen LogP contribution in [0.3, 0.4) is 0 Å². The zero-order valence-corrected chi connectivity index (χ0v) is 13.1. The molecule has 2 N–H and O–H groups in total. The van der Waals surface area contributed by atoms with Gasteiger partial charge in [-0.05, 0) is 50.2 Å². The van der Waals surface area contributed by atoms with Gasteiger partial charge in [-0.2, -0.15) is 0 Å². The summed E-state index contributed by atoms with van der Waals surface area (Å²) in [6.07, 6.45) is 3.41. The van der Waals surface area contributed by atoms with Gasteiger partial charge in [0.25, 0.3) is 0 Å². The maximum Gasteiger partial charge on any atom is 0.341 e. The second-order valence-corrected chi connectivity index (χ2v) is 6.13. The van der Waals surface area contributed by atoms with Crippen LogP contribution in [-0.4, -0.2) is 18.7 Å². The Hall–Kier alpha value is -1.71. The van der Waals surface area contributed by atoms with Gasteiger partial charge < -0.3 is 15.2 Å². The zero-order valence-electron chi connectivity index (χ0n) is 13.1. The molecule has 1 fully saturated rings. The predicted octanol–water partition coefficient (Wildman–Crippen LogP) is 3.65. The summed E-state index contributed by atoms with van der Waals surface area (Å²) in [6.45, 7) is 6.63. The summed E-state index contributed by atoms with van der Waals surface area (Å²) in [5.41, 5.74) is 6.88. The summed E-state index contributed by atoms with van der Waals surface area (Å²) in [5, 5.41) is 0. The highest BCUT2D eigenvalue weighted by atomic mass is 16.5. The molecule has 2 rings (SSSR count). The second kappa shape index (κ2) is 6.83. The molecule has 0 aliphatic heterocycles. The fourth-order valence-electron chi connectivity index (χ4n) is 3.16. The quantitative estimate of drug-likeness (QED) is 0.679. The van der Waals surface area contributed by atoms with Gasteiger partial charge in [0.1, 0.15) is 11.3 Å². The normalized spacial score (nSPS) is 25.4. The Labute approximate surface area is 126 Å². The first-order valence-corrected chi connectivity index (χ1v) is 7.72. The summed E-state index contributed by atoms with van der Waals surface area (Å²) in [5.74, 6) is 1.47. The number of rotatable bonds is 4. The van der Waals surface area contributed by atoms with Crippen molar-refractivity contribution < 1.29 is 14.3 Å². The van der Waals surface area contributed by atoms with Crippen molar-refractivity contribution in [1.82, 2.24) is 0 Å². The molecule has 116 valence electrons. The molecule has 1 aliphatic carbocycles. The van der Waals surface area contributed by atoms with Gasteiger partial charge in [0.2, 0.25) is 0 Å². The van der Waals surface area contributed by atoms with Crippen molar-refractivity contribution in [2.24, 2.45) is 11.8 Å². The highest BCUT2D eigenvalue weighted by Crippen LogP contribution is 2.33. The fourth-order valence-corrected chi connectivity index (χ4v) is 3.16.